The third-order valence-electron chi connectivity index (χ3n) is 5.35. The summed E-state index contributed by atoms with van der Waals surface area (Å²) in [6.07, 6.45) is 0.787. The van der Waals surface area contributed by atoms with Crippen LogP contribution in [0.2, 0.25) is 0 Å². The third kappa shape index (κ3) is 3.50. The van der Waals surface area contributed by atoms with Crippen molar-refractivity contribution in [2.45, 2.75) is 6.10 Å². The van der Waals surface area contributed by atoms with Crippen molar-refractivity contribution in [2.75, 3.05) is 11.4 Å². The summed E-state index contributed by atoms with van der Waals surface area (Å²) in [5, 5.41) is 4.72. The molecule has 0 fully saturated rings. The smallest absolute Gasteiger partial charge is 0.262 e. The molecule has 1 aliphatic heterocycles. The number of nitrogens with zero attached hydrogens (tertiary/aromatic N) is 3. The second-order valence-corrected chi connectivity index (χ2v) is 7.43. The Balaban J connectivity index is 1.63. The van der Waals surface area contributed by atoms with Crippen LogP contribution in [0.3, 0.4) is 0 Å². The molecule has 0 saturated heterocycles. The molecule has 32 heavy (non-hydrogen) atoms. The lowest BCUT2D eigenvalue weighted by Gasteiger charge is -2.33. The predicted octanol–water partition coefficient (Wildman–Crippen LogP) is 3.43. The minimum absolute atomic E-state index is 0.0237. The van der Waals surface area contributed by atoms with Gasteiger partial charge in [-0.1, -0.05) is 60.7 Å². The van der Waals surface area contributed by atoms with Crippen molar-refractivity contribution in [1.29, 1.82) is 0 Å². The maximum absolute atomic E-state index is 13.8. The van der Waals surface area contributed by atoms with Gasteiger partial charge in [0.05, 0.1) is 23.5 Å². The molecule has 1 aliphatic rings. The number of hydrogen-bond acceptors (Lipinski definition) is 4. The molecule has 0 saturated carbocycles. The summed E-state index contributed by atoms with van der Waals surface area (Å²) in [5.74, 6) is -0.471. The van der Waals surface area contributed by atoms with Gasteiger partial charge in [0.2, 0.25) is 0 Å². The number of nitrogens with two attached hydrogens (primary N) is 1. The number of carbonyl (C=O) groups excluding carboxylic acids is 2. The van der Waals surface area contributed by atoms with Crippen LogP contribution in [0.1, 0.15) is 10.4 Å². The van der Waals surface area contributed by atoms with Gasteiger partial charge in [0.25, 0.3) is 11.8 Å². The zero-order chi connectivity index (χ0) is 22.1. The molecule has 1 atom stereocenters. The van der Waals surface area contributed by atoms with Crippen LogP contribution in [0.15, 0.2) is 91.1 Å². The number of ether oxygens (including phenoxy) is 1. The normalized spacial score (nSPS) is 15.0. The molecule has 0 spiro atoms. The van der Waals surface area contributed by atoms with Gasteiger partial charge >= 0.3 is 0 Å². The van der Waals surface area contributed by atoms with E-state index in [1.165, 1.54) is 4.90 Å². The van der Waals surface area contributed by atoms with Gasteiger partial charge in [-0.3, -0.25) is 9.59 Å². The zero-order valence-electron chi connectivity index (χ0n) is 17.1. The molecule has 0 unspecified atom stereocenters. The summed E-state index contributed by atoms with van der Waals surface area (Å²) in [6, 6.07) is 26.2. The summed E-state index contributed by atoms with van der Waals surface area (Å²) < 4.78 is 7.40. The molecule has 2 amide bonds. The summed E-state index contributed by atoms with van der Waals surface area (Å²) >= 11 is 0. The predicted molar refractivity (Wildman–Crippen MR) is 121 cm³/mol. The number of anilines is 1. The van der Waals surface area contributed by atoms with E-state index < -0.39 is 12.0 Å². The molecule has 2 heterocycles. The highest BCUT2D eigenvalue weighted by Gasteiger charge is 2.34. The van der Waals surface area contributed by atoms with E-state index in [9.17, 15) is 9.59 Å². The highest BCUT2D eigenvalue weighted by molar-refractivity contribution is 6.11. The number of para-hydroxylation sites is 3. The first-order chi connectivity index (χ1) is 15.6. The maximum atomic E-state index is 13.8. The minimum atomic E-state index is -0.932. The van der Waals surface area contributed by atoms with Gasteiger partial charge in [-0.25, -0.2) is 4.68 Å². The Labute approximate surface area is 184 Å². The van der Waals surface area contributed by atoms with Crippen LogP contribution in [0.5, 0.6) is 5.75 Å². The molecule has 1 aromatic heterocycles. The second-order valence-electron chi connectivity index (χ2n) is 7.43. The zero-order valence-corrected chi connectivity index (χ0v) is 17.1. The van der Waals surface area contributed by atoms with Crippen LogP contribution in [-0.2, 0) is 4.79 Å². The summed E-state index contributed by atoms with van der Waals surface area (Å²) in [5.41, 5.74) is 8.72. The molecule has 158 valence electrons. The molecule has 7 heteroatoms. The fraction of sp³-hybridized carbons (Fsp3) is 0.0800. The summed E-state index contributed by atoms with van der Waals surface area (Å²) in [4.78, 5) is 27.3. The number of primary amides is 1. The molecule has 7 nitrogen and oxygen atoms in total. The van der Waals surface area contributed by atoms with Crippen LogP contribution in [-0.4, -0.2) is 34.2 Å². The quantitative estimate of drug-likeness (QED) is 0.543. The lowest BCUT2D eigenvalue weighted by atomic mass is 10.1. The Bertz CT molecular complexity index is 1290. The standard InChI is InChI=1S/C25H20N4O3/c26-24(30)22-16-28(20-13-7-8-14-21(20)32-22)25(31)19-15-29(18-11-5-2-6-12-18)27-23(19)17-9-3-1-4-10-17/h1-15,22H,16H2,(H2,26,30)/t22-/m0/s1. The largest absolute Gasteiger partial charge is 0.477 e. The average molecular weight is 424 g/mol. The maximum Gasteiger partial charge on any atom is 0.262 e. The summed E-state index contributed by atoms with van der Waals surface area (Å²) in [6.45, 7) is 0.0237. The fourth-order valence-electron chi connectivity index (χ4n) is 3.77. The van der Waals surface area contributed by atoms with Gasteiger partial charge in [-0.15, -0.1) is 0 Å². The molecule has 2 N–H and O–H groups in total. The Hall–Kier alpha value is -4.39. The van der Waals surface area contributed by atoms with E-state index in [-0.39, 0.29) is 12.5 Å². The van der Waals surface area contributed by atoms with Gasteiger partial charge in [-0.2, -0.15) is 5.10 Å². The van der Waals surface area contributed by atoms with Crippen molar-refractivity contribution in [1.82, 2.24) is 9.78 Å². The molecule has 5 rings (SSSR count). The number of rotatable bonds is 4. The molecular formula is C25H20N4O3. The van der Waals surface area contributed by atoms with Gasteiger partial charge < -0.3 is 15.4 Å². The van der Waals surface area contributed by atoms with E-state index in [2.05, 4.69) is 0 Å². The number of amides is 2. The number of fused-ring (bicyclic) bond motifs is 1. The Kier molecular flexibility index (Phi) is 4.91. The van der Waals surface area contributed by atoms with E-state index in [1.807, 2.05) is 66.7 Å². The van der Waals surface area contributed by atoms with E-state index in [4.69, 9.17) is 15.6 Å². The Morgan fingerprint density at radius 2 is 1.56 bits per heavy atom. The molecule has 0 aliphatic carbocycles. The van der Waals surface area contributed by atoms with Crippen molar-refractivity contribution in [3.63, 3.8) is 0 Å². The number of carbonyl (C=O) groups is 2. The first kappa shape index (κ1) is 19.6. The summed E-state index contributed by atoms with van der Waals surface area (Å²) in [7, 11) is 0. The minimum Gasteiger partial charge on any atom is -0.477 e. The molecule has 4 aromatic rings. The lowest BCUT2D eigenvalue weighted by molar-refractivity contribution is -0.124. The monoisotopic (exact) mass is 424 g/mol. The highest BCUT2D eigenvalue weighted by atomic mass is 16.5. The van der Waals surface area contributed by atoms with Crippen LogP contribution >= 0.6 is 0 Å². The Morgan fingerprint density at radius 1 is 0.906 bits per heavy atom. The van der Waals surface area contributed by atoms with Gasteiger partial charge in [0.15, 0.2) is 6.10 Å². The van der Waals surface area contributed by atoms with Crippen LogP contribution in [0.4, 0.5) is 5.69 Å². The van der Waals surface area contributed by atoms with Crippen molar-refractivity contribution < 1.29 is 14.3 Å². The molecule has 0 bridgehead atoms. The van der Waals surface area contributed by atoms with Crippen molar-refractivity contribution in [3.8, 4) is 22.7 Å². The topological polar surface area (TPSA) is 90.5 Å². The number of aromatic nitrogens is 2. The second kappa shape index (κ2) is 8.03. The molecule has 0 radical (unpaired) electrons. The van der Waals surface area contributed by atoms with Crippen LogP contribution in [0.25, 0.3) is 16.9 Å². The first-order valence-corrected chi connectivity index (χ1v) is 10.2. The molecule has 3 aromatic carbocycles. The fourth-order valence-corrected chi connectivity index (χ4v) is 3.77. The molecular weight excluding hydrogens is 404 g/mol. The van der Waals surface area contributed by atoms with Crippen molar-refractivity contribution in [3.05, 3.63) is 96.7 Å². The van der Waals surface area contributed by atoms with Gasteiger partial charge in [0, 0.05) is 11.8 Å². The van der Waals surface area contributed by atoms with E-state index in [1.54, 1.807) is 29.1 Å². The van der Waals surface area contributed by atoms with Gasteiger partial charge in [-0.05, 0) is 24.3 Å². The van der Waals surface area contributed by atoms with Crippen LogP contribution < -0.4 is 15.4 Å². The highest BCUT2D eigenvalue weighted by Crippen LogP contribution is 2.35. The number of hydrogen-bond donors (Lipinski definition) is 1. The van der Waals surface area contributed by atoms with E-state index >= 15 is 0 Å². The van der Waals surface area contributed by atoms with E-state index in [0.29, 0.717) is 22.7 Å². The van der Waals surface area contributed by atoms with Crippen molar-refractivity contribution >= 4 is 17.5 Å². The van der Waals surface area contributed by atoms with Crippen molar-refractivity contribution in [2.24, 2.45) is 5.73 Å². The number of benzene rings is 3. The SMILES string of the molecule is NC(=O)[C@@H]1CN(C(=O)c2cn(-c3ccccc3)nc2-c2ccccc2)c2ccccc2O1. The van der Waals surface area contributed by atoms with Gasteiger partial charge in [0.1, 0.15) is 11.4 Å². The Morgan fingerprint density at radius 3 is 2.28 bits per heavy atom. The van der Waals surface area contributed by atoms with Crippen LogP contribution in [0, 0.1) is 0 Å². The van der Waals surface area contributed by atoms with E-state index in [0.717, 1.165) is 11.3 Å². The third-order valence-corrected chi connectivity index (χ3v) is 5.35. The first-order valence-electron chi connectivity index (χ1n) is 10.2. The lowest BCUT2D eigenvalue weighted by Crippen LogP contribution is -2.49. The average Bonchev–Trinajstić information content (AvgIpc) is 3.29.